The molecule has 0 saturated carbocycles. The highest BCUT2D eigenvalue weighted by atomic mass is 32.1. The quantitative estimate of drug-likeness (QED) is 0.751. The topological polar surface area (TPSA) is 46.0 Å². The van der Waals surface area contributed by atoms with Crippen molar-refractivity contribution in [2.45, 2.75) is 6.10 Å². The molecule has 3 aromatic rings. The molecule has 0 saturated heterocycles. The second-order valence-corrected chi connectivity index (χ2v) is 4.46. The Kier molecular flexibility index (Phi) is 2.59. The number of fused-ring (bicyclic) bond motifs is 1. The van der Waals surface area contributed by atoms with Crippen LogP contribution in [0.25, 0.3) is 10.9 Å². The normalized spacial score (nSPS) is 12.8. The van der Waals surface area contributed by atoms with E-state index < -0.39 is 6.10 Å². The second-order valence-electron chi connectivity index (χ2n) is 3.74. The molecule has 1 N–H and O–H groups in total. The van der Waals surface area contributed by atoms with E-state index in [1.807, 2.05) is 35.7 Å². The Morgan fingerprint density at radius 1 is 1.12 bits per heavy atom. The van der Waals surface area contributed by atoms with Crippen molar-refractivity contribution < 1.29 is 5.11 Å². The molecular formula is C13H10N2OS. The molecule has 0 radical (unpaired) electrons. The number of para-hydroxylation sites is 1. The van der Waals surface area contributed by atoms with Gasteiger partial charge in [0.05, 0.1) is 16.7 Å². The van der Waals surface area contributed by atoms with Gasteiger partial charge in [-0.25, -0.2) is 4.98 Å². The number of nitrogens with zero attached hydrogens (tertiary/aromatic N) is 2. The van der Waals surface area contributed by atoms with E-state index >= 15 is 0 Å². The van der Waals surface area contributed by atoms with E-state index in [2.05, 4.69) is 9.97 Å². The molecule has 0 aliphatic rings. The van der Waals surface area contributed by atoms with Crippen LogP contribution < -0.4 is 0 Å². The zero-order valence-corrected chi connectivity index (χ0v) is 9.76. The van der Waals surface area contributed by atoms with Crippen LogP contribution in [0.5, 0.6) is 0 Å². The maximum Gasteiger partial charge on any atom is 0.124 e. The lowest BCUT2D eigenvalue weighted by Gasteiger charge is -2.10. The number of pyridine rings is 1. The van der Waals surface area contributed by atoms with Crippen LogP contribution in [0.1, 0.15) is 17.4 Å². The van der Waals surface area contributed by atoms with Gasteiger partial charge in [-0.15, -0.1) is 11.3 Å². The first-order chi connectivity index (χ1) is 8.36. The molecular weight excluding hydrogens is 232 g/mol. The number of rotatable bonds is 2. The summed E-state index contributed by atoms with van der Waals surface area (Å²) in [7, 11) is 0. The van der Waals surface area contributed by atoms with E-state index in [0.717, 1.165) is 16.5 Å². The number of aliphatic hydroxyl groups is 1. The first-order valence-electron chi connectivity index (χ1n) is 5.26. The van der Waals surface area contributed by atoms with Crippen molar-refractivity contribution in [3.63, 3.8) is 0 Å². The monoisotopic (exact) mass is 242 g/mol. The lowest BCUT2D eigenvalue weighted by atomic mass is 10.0. The van der Waals surface area contributed by atoms with Crippen molar-refractivity contribution in [3.05, 3.63) is 58.7 Å². The fourth-order valence-corrected chi connectivity index (χ4v) is 2.44. The summed E-state index contributed by atoms with van der Waals surface area (Å²) in [5, 5.41) is 13.2. The van der Waals surface area contributed by atoms with Crippen LogP contribution in [0.2, 0.25) is 0 Å². The zero-order valence-electron chi connectivity index (χ0n) is 8.95. The third-order valence-electron chi connectivity index (χ3n) is 2.69. The number of aromatic nitrogens is 2. The molecule has 0 spiro atoms. The van der Waals surface area contributed by atoms with E-state index in [4.69, 9.17) is 0 Å². The maximum atomic E-state index is 10.3. The summed E-state index contributed by atoms with van der Waals surface area (Å²) < 4.78 is 0. The molecule has 3 nitrogen and oxygen atoms in total. The molecule has 3 rings (SSSR count). The number of hydrogen-bond donors (Lipinski definition) is 1. The Morgan fingerprint density at radius 2 is 2.00 bits per heavy atom. The molecule has 0 fully saturated rings. The average molecular weight is 242 g/mol. The van der Waals surface area contributed by atoms with Crippen molar-refractivity contribution in [1.29, 1.82) is 0 Å². The van der Waals surface area contributed by atoms with Gasteiger partial charge >= 0.3 is 0 Å². The van der Waals surface area contributed by atoms with Crippen LogP contribution in [-0.2, 0) is 0 Å². The minimum atomic E-state index is -0.708. The van der Waals surface area contributed by atoms with Crippen molar-refractivity contribution in [2.24, 2.45) is 0 Å². The van der Waals surface area contributed by atoms with Crippen LogP contribution >= 0.6 is 11.3 Å². The Balaban J connectivity index is 2.17. The van der Waals surface area contributed by atoms with E-state index in [9.17, 15) is 5.11 Å². The van der Waals surface area contributed by atoms with Crippen molar-refractivity contribution >= 4 is 22.2 Å². The van der Waals surface area contributed by atoms with E-state index in [1.54, 1.807) is 11.7 Å². The highest BCUT2D eigenvalue weighted by Crippen LogP contribution is 2.27. The molecule has 0 amide bonds. The second kappa shape index (κ2) is 4.24. The number of benzene rings is 1. The highest BCUT2D eigenvalue weighted by molar-refractivity contribution is 7.07. The fourth-order valence-electron chi connectivity index (χ4n) is 1.86. The smallest absolute Gasteiger partial charge is 0.124 e. The van der Waals surface area contributed by atoms with Crippen LogP contribution in [0.15, 0.2) is 47.4 Å². The third-order valence-corrected chi connectivity index (χ3v) is 3.29. The summed E-state index contributed by atoms with van der Waals surface area (Å²) in [6, 6.07) is 9.68. The van der Waals surface area contributed by atoms with Crippen LogP contribution in [-0.4, -0.2) is 15.1 Å². The average Bonchev–Trinajstić information content (AvgIpc) is 2.91. The van der Waals surface area contributed by atoms with Crippen molar-refractivity contribution in [2.75, 3.05) is 0 Å². The Labute approximate surface area is 102 Å². The summed E-state index contributed by atoms with van der Waals surface area (Å²) in [6.45, 7) is 0. The molecule has 2 heterocycles. The molecule has 1 unspecified atom stereocenters. The predicted octanol–water partition coefficient (Wildman–Crippen LogP) is 2.77. The molecule has 2 aromatic heterocycles. The molecule has 1 atom stereocenters. The minimum absolute atomic E-state index is 0.674. The maximum absolute atomic E-state index is 10.3. The highest BCUT2D eigenvalue weighted by Gasteiger charge is 2.15. The van der Waals surface area contributed by atoms with Crippen LogP contribution in [0.3, 0.4) is 0 Å². The van der Waals surface area contributed by atoms with Crippen molar-refractivity contribution in [3.8, 4) is 0 Å². The summed E-state index contributed by atoms with van der Waals surface area (Å²) >= 11 is 1.48. The minimum Gasteiger partial charge on any atom is -0.382 e. The van der Waals surface area contributed by atoms with E-state index in [1.165, 1.54) is 11.3 Å². The standard InChI is InChI=1S/C13H10N2OS/c16-13(11-7-17-8-15-11)10-5-1-3-9-4-2-6-14-12(9)10/h1-8,13,16H. The lowest BCUT2D eigenvalue weighted by molar-refractivity contribution is 0.217. The first kappa shape index (κ1) is 10.4. The van der Waals surface area contributed by atoms with Gasteiger partial charge in [0, 0.05) is 22.5 Å². The van der Waals surface area contributed by atoms with Gasteiger partial charge in [-0.3, -0.25) is 4.98 Å². The molecule has 1 aromatic carbocycles. The van der Waals surface area contributed by atoms with E-state index in [0.29, 0.717) is 5.69 Å². The predicted molar refractivity (Wildman–Crippen MR) is 67.9 cm³/mol. The Bertz CT molecular complexity index is 631. The van der Waals surface area contributed by atoms with Gasteiger partial charge in [0.2, 0.25) is 0 Å². The van der Waals surface area contributed by atoms with Gasteiger partial charge in [-0.1, -0.05) is 24.3 Å². The first-order valence-corrected chi connectivity index (χ1v) is 6.20. The van der Waals surface area contributed by atoms with E-state index in [-0.39, 0.29) is 0 Å². The van der Waals surface area contributed by atoms with Gasteiger partial charge < -0.3 is 5.11 Å². The molecule has 0 aliphatic heterocycles. The number of aliphatic hydroxyl groups excluding tert-OH is 1. The Morgan fingerprint density at radius 3 is 2.82 bits per heavy atom. The number of hydrogen-bond acceptors (Lipinski definition) is 4. The van der Waals surface area contributed by atoms with Gasteiger partial charge in [0.15, 0.2) is 0 Å². The molecule has 84 valence electrons. The third kappa shape index (κ3) is 1.81. The SMILES string of the molecule is OC(c1cscn1)c1cccc2cccnc12. The Hall–Kier alpha value is -1.78. The largest absolute Gasteiger partial charge is 0.382 e. The molecule has 17 heavy (non-hydrogen) atoms. The molecule has 0 bridgehead atoms. The van der Waals surface area contributed by atoms with Gasteiger partial charge in [0.1, 0.15) is 6.10 Å². The van der Waals surface area contributed by atoms with Gasteiger partial charge in [-0.05, 0) is 6.07 Å². The summed E-state index contributed by atoms with van der Waals surface area (Å²) in [5.74, 6) is 0. The number of thiazole rings is 1. The van der Waals surface area contributed by atoms with Crippen LogP contribution in [0.4, 0.5) is 0 Å². The fraction of sp³-hybridized carbons (Fsp3) is 0.0769. The van der Waals surface area contributed by atoms with Crippen LogP contribution in [0, 0.1) is 0 Å². The lowest BCUT2D eigenvalue weighted by Crippen LogP contribution is -2.01. The van der Waals surface area contributed by atoms with Crippen molar-refractivity contribution in [1.82, 2.24) is 9.97 Å². The summed E-state index contributed by atoms with van der Waals surface area (Å²) in [4.78, 5) is 8.47. The molecule has 0 aliphatic carbocycles. The van der Waals surface area contributed by atoms with Gasteiger partial charge in [-0.2, -0.15) is 0 Å². The summed E-state index contributed by atoms with van der Waals surface area (Å²) in [6.07, 6.45) is 1.03. The molecule has 4 heteroatoms. The summed E-state index contributed by atoms with van der Waals surface area (Å²) in [5.41, 5.74) is 4.02. The zero-order chi connectivity index (χ0) is 11.7. The van der Waals surface area contributed by atoms with Gasteiger partial charge in [0.25, 0.3) is 0 Å².